The molecule has 1 aromatic carbocycles. The molecule has 0 aromatic heterocycles. The van der Waals surface area contributed by atoms with E-state index in [1.807, 2.05) is 12.1 Å². The first kappa shape index (κ1) is 14.0. The highest BCUT2D eigenvalue weighted by atomic mass is 16.2. The number of hydrogen-bond donors (Lipinski definition) is 1. The average Bonchev–Trinajstić information content (AvgIpc) is 2.46. The third-order valence-corrected chi connectivity index (χ3v) is 6.07. The zero-order valence-corrected chi connectivity index (χ0v) is 13.0. The first-order valence-corrected chi connectivity index (χ1v) is 8.52. The lowest BCUT2D eigenvalue weighted by Crippen LogP contribution is -2.49. The minimum absolute atomic E-state index is 0.0331. The number of nitrogens with one attached hydrogen (secondary N) is 1. The minimum Gasteiger partial charge on any atom is -0.326 e. The maximum Gasteiger partial charge on any atom is 0.228 e. The molecule has 0 spiro atoms. The first-order valence-electron chi connectivity index (χ1n) is 8.52. The molecular weight excluding hydrogens is 274 g/mol. The molecule has 116 valence electrons. The van der Waals surface area contributed by atoms with Crippen molar-refractivity contribution in [2.75, 3.05) is 5.32 Å². The summed E-state index contributed by atoms with van der Waals surface area (Å²) in [5.74, 6) is 3.34. The molecule has 3 nitrogen and oxygen atoms in total. The summed E-state index contributed by atoms with van der Waals surface area (Å²) in [6.45, 7) is 1.55. The number of benzene rings is 1. The molecule has 4 bridgehead atoms. The molecule has 4 saturated carbocycles. The van der Waals surface area contributed by atoms with Crippen LogP contribution in [0.15, 0.2) is 24.3 Å². The van der Waals surface area contributed by atoms with Gasteiger partial charge in [-0.1, -0.05) is 12.1 Å². The van der Waals surface area contributed by atoms with Crippen molar-refractivity contribution in [3.8, 4) is 0 Å². The molecule has 4 aliphatic carbocycles. The summed E-state index contributed by atoms with van der Waals surface area (Å²) in [6.07, 6.45) is 6.40. The Morgan fingerprint density at radius 1 is 1.00 bits per heavy atom. The van der Waals surface area contributed by atoms with E-state index < -0.39 is 0 Å². The number of carbonyl (C=O) groups excluding carboxylic acids is 2. The lowest BCUT2D eigenvalue weighted by molar-refractivity contribution is -0.132. The van der Waals surface area contributed by atoms with Gasteiger partial charge in [0.1, 0.15) is 0 Å². The molecule has 0 atom stereocenters. The van der Waals surface area contributed by atoms with Crippen molar-refractivity contribution in [2.24, 2.45) is 29.6 Å². The molecule has 0 unspecified atom stereocenters. The highest BCUT2D eigenvalue weighted by molar-refractivity contribution is 5.97. The number of amides is 1. The van der Waals surface area contributed by atoms with Crippen molar-refractivity contribution in [1.82, 2.24) is 0 Å². The summed E-state index contributed by atoms with van der Waals surface area (Å²) in [5, 5.41) is 3.07. The zero-order valence-electron chi connectivity index (χ0n) is 13.0. The predicted octanol–water partition coefficient (Wildman–Crippen LogP) is 3.90. The van der Waals surface area contributed by atoms with Gasteiger partial charge in [0.2, 0.25) is 5.91 Å². The van der Waals surface area contributed by atoms with Crippen molar-refractivity contribution >= 4 is 17.4 Å². The number of hydrogen-bond acceptors (Lipinski definition) is 2. The number of anilines is 1. The van der Waals surface area contributed by atoms with E-state index in [-0.39, 0.29) is 17.6 Å². The summed E-state index contributed by atoms with van der Waals surface area (Å²) in [6, 6.07) is 7.29. The van der Waals surface area contributed by atoms with Crippen LogP contribution in [0.4, 0.5) is 5.69 Å². The molecular formula is C19H23NO2. The van der Waals surface area contributed by atoms with Gasteiger partial charge in [0.05, 0.1) is 0 Å². The Morgan fingerprint density at radius 3 is 2.23 bits per heavy atom. The molecule has 1 N–H and O–H groups in total. The van der Waals surface area contributed by atoms with Crippen LogP contribution in [0, 0.1) is 29.6 Å². The minimum atomic E-state index is 0.0331. The van der Waals surface area contributed by atoms with E-state index in [1.165, 1.54) is 32.1 Å². The van der Waals surface area contributed by atoms with E-state index in [1.54, 1.807) is 19.1 Å². The molecule has 5 rings (SSSR count). The van der Waals surface area contributed by atoms with Crippen LogP contribution in [0.5, 0.6) is 0 Å². The Balaban J connectivity index is 1.51. The second-order valence-corrected chi connectivity index (χ2v) is 7.58. The fraction of sp³-hybridized carbons (Fsp3) is 0.579. The van der Waals surface area contributed by atoms with Gasteiger partial charge in [-0.15, -0.1) is 0 Å². The Kier molecular flexibility index (Phi) is 3.32. The highest BCUT2D eigenvalue weighted by Crippen LogP contribution is 2.56. The Morgan fingerprint density at radius 2 is 1.64 bits per heavy atom. The Bertz CT molecular complexity index is 594. The van der Waals surface area contributed by atoms with Crippen LogP contribution in [0.3, 0.4) is 0 Å². The summed E-state index contributed by atoms with van der Waals surface area (Å²) in [4.78, 5) is 24.3. The van der Waals surface area contributed by atoms with E-state index in [0.717, 1.165) is 17.5 Å². The van der Waals surface area contributed by atoms with Crippen molar-refractivity contribution in [2.45, 2.75) is 39.0 Å². The van der Waals surface area contributed by atoms with E-state index in [2.05, 4.69) is 5.32 Å². The summed E-state index contributed by atoms with van der Waals surface area (Å²) >= 11 is 0. The fourth-order valence-electron chi connectivity index (χ4n) is 5.39. The molecule has 0 saturated heterocycles. The summed E-state index contributed by atoms with van der Waals surface area (Å²) < 4.78 is 0. The van der Waals surface area contributed by atoms with Crippen molar-refractivity contribution in [1.29, 1.82) is 0 Å². The van der Waals surface area contributed by atoms with Crippen LogP contribution in [0.25, 0.3) is 0 Å². The van der Waals surface area contributed by atoms with Gasteiger partial charge in [0.25, 0.3) is 0 Å². The van der Waals surface area contributed by atoms with Crippen molar-refractivity contribution in [3.05, 3.63) is 29.8 Å². The largest absolute Gasteiger partial charge is 0.326 e. The van der Waals surface area contributed by atoms with Crippen molar-refractivity contribution in [3.63, 3.8) is 0 Å². The van der Waals surface area contributed by atoms with Crippen LogP contribution in [-0.4, -0.2) is 11.7 Å². The van der Waals surface area contributed by atoms with Gasteiger partial charge < -0.3 is 5.32 Å². The summed E-state index contributed by atoms with van der Waals surface area (Å²) in [5.41, 5.74) is 1.41. The maximum atomic E-state index is 12.8. The number of Topliss-reactive ketones (excluding diaryl/α,β-unsaturated/α-hetero) is 1. The average molecular weight is 297 g/mol. The third-order valence-electron chi connectivity index (χ3n) is 6.07. The summed E-state index contributed by atoms with van der Waals surface area (Å²) in [7, 11) is 0. The number of carbonyl (C=O) groups is 2. The smallest absolute Gasteiger partial charge is 0.228 e. The molecule has 4 fully saturated rings. The second kappa shape index (κ2) is 5.22. The number of ketones is 1. The number of rotatable bonds is 3. The lowest BCUT2D eigenvalue weighted by atomic mass is 9.51. The Labute approximate surface area is 131 Å². The quantitative estimate of drug-likeness (QED) is 0.860. The van der Waals surface area contributed by atoms with Gasteiger partial charge in [0.15, 0.2) is 5.78 Å². The normalized spacial score (nSPS) is 35.4. The highest BCUT2D eigenvalue weighted by Gasteiger charge is 2.50. The molecule has 1 amide bonds. The predicted molar refractivity (Wildman–Crippen MR) is 85.6 cm³/mol. The van der Waals surface area contributed by atoms with Crippen molar-refractivity contribution < 1.29 is 9.59 Å². The van der Waals surface area contributed by atoms with Gasteiger partial charge in [-0.3, -0.25) is 9.59 Å². The van der Waals surface area contributed by atoms with Gasteiger partial charge in [-0.05, 0) is 74.8 Å². The monoisotopic (exact) mass is 297 g/mol. The van der Waals surface area contributed by atoms with Gasteiger partial charge in [0, 0.05) is 17.2 Å². The first-order chi connectivity index (χ1) is 10.6. The fourth-order valence-corrected chi connectivity index (χ4v) is 5.39. The SMILES string of the molecule is CC(=O)c1cccc(NC(=O)C2C3CC4CC(C3)CC2C4)c1. The topological polar surface area (TPSA) is 46.2 Å². The van der Waals surface area contributed by atoms with Crippen LogP contribution in [0.2, 0.25) is 0 Å². The molecule has 22 heavy (non-hydrogen) atoms. The van der Waals surface area contributed by atoms with Gasteiger partial charge in [-0.2, -0.15) is 0 Å². The van der Waals surface area contributed by atoms with Gasteiger partial charge >= 0.3 is 0 Å². The van der Waals surface area contributed by atoms with Crippen LogP contribution >= 0.6 is 0 Å². The Hall–Kier alpha value is -1.64. The second-order valence-electron chi connectivity index (χ2n) is 7.58. The standard InChI is InChI=1S/C19H23NO2/c1-11(21)14-3-2-4-17(10-14)20-19(22)18-15-6-12-5-13(8-15)9-16(18)7-12/h2-4,10,12-13,15-16,18H,5-9H2,1H3,(H,20,22). The van der Waals surface area contributed by atoms with E-state index in [9.17, 15) is 9.59 Å². The van der Waals surface area contributed by atoms with E-state index in [4.69, 9.17) is 0 Å². The third kappa shape index (κ3) is 2.37. The maximum absolute atomic E-state index is 12.8. The molecule has 3 heteroatoms. The molecule has 0 radical (unpaired) electrons. The van der Waals surface area contributed by atoms with E-state index in [0.29, 0.717) is 17.4 Å². The van der Waals surface area contributed by atoms with Gasteiger partial charge in [-0.25, -0.2) is 0 Å². The van der Waals surface area contributed by atoms with Crippen LogP contribution in [-0.2, 0) is 4.79 Å². The molecule has 1 aromatic rings. The molecule has 0 aliphatic heterocycles. The van der Waals surface area contributed by atoms with E-state index >= 15 is 0 Å². The lowest BCUT2D eigenvalue weighted by Gasteiger charge is -2.53. The van der Waals surface area contributed by atoms with Crippen LogP contribution in [0.1, 0.15) is 49.4 Å². The molecule has 4 aliphatic rings. The van der Waals surface area contributed by atoms with Crippen LogP contribution < -0.4 is 5.32 Å². The zero-order chi connectivity index (χ0) is 15.3. The molecule has 0 heterocycles.